The Hall–Kier alpha value is -5.99. The fourth-order valence-corrected chi connectivity index (χ4v) is 7.92. The molecule has 1 N–H and O–H groups in total. The van der Waals surface area contributed by atoms with E-state index in [2.05, 4.69) is 0 Å². The summed E-state index contributed by atoms with van der Waals surface area (Å²) in [6, 6.07) is 14.4. The monoisotopic (exact) mass is 787 g/mol. The molecule has 3 unspecified atom stereocenters. The van der Waals surface area contributed by atoms with Crippen molar-refractivity contribution >= 4 is 40.6 Å². The van der Waals surface area contributed by atoms with Crippen LogP contribution in [0.5, 0.6) is 5.75 Å². The van der Waals surface area contributed by atoms with Gasteiger partial charge in [0.15, 0.2) is 11.6 Å². The second-order valence-electron chi connectivity index (χ2n) is 14.7. The highest BCUT2D eigenvalue weighted by Crippen LogP contribution is 2.45. The van der Waals surface area contributed by atoms with Crippen molar-refractivity contribution in [3.05, 3.63) is 93.8 Å². The molecule has 0 radical (unpaired) electrons. The van der Waals surface area contributed by atoms with Crippen LogP contribution in [0.25, 0.3) is 22.0 Å². The summed E-state index contributed by atoms with van der Waals surface area (Å²) >= 11 is 0. The van der Waals surface area contributed by atoms with Gasteiger partial charge in [0.05, 0.1) is 36.6 Å². The number of esters is 2. The van der Waals surface area contributed by atoms with Crippen LogP contribution in [0.2, 0.25) is 0 Å². The molecule has 3 aliphatic rings. The van der Waals surface area contributed by atoms with E-state index >= 15 is 4.39 Å². The Bertz CT molecular complexity index is 2260. The van der Waals surface area contributed by atoms with Crippen LogP contribution in [-0.2, 0) is 23.8 Å². The third-order valence-corrected chi connectivity index (χ3v) is 11.0. The number of methoxy groups -OCH3 is 1. The normalized spacial score (nSPS) is 18.2. The number of carboxylic acids is 1. The average Bonchev–Trinajstić information content (AvgIpc) is 3.96. The average molecular weight is 788 g/mol. The molecule has 57 heavy (non-hydrogen) atoms. The summed E-state index contributed by atoms with van der Waals surface area (Å²) in [6.45, 7) is 1.93. The summed E-state index contributed by atoms with van der Waals surface area (Å²) in [4.78, 5) is 66.6. The maximum Gasteiger partial charge on any atom is 0.412 e. The molecule has 7 rings (SSSR count). The van der Waals surface area contributed by atoms with Crippen LogP contribution >= 0.6 is 0 Å². The highest BCUT2D eigenvalue weighted by Gasteiger charge is 2.44. The maximum absolute atomic E-state index is 16.0. The topological polar surface area (TPSA) is 154 Å². The van der Waals surface area contributed by atoms with E-state index in [1.165, 1.54) is 19.4 Å². The van der Waals surface area contributed by atoms with E-state index in [4.69, 9.17) is 18.9 Å². The summed E-state index contributed by atoms with van der Waals surface area (Å²) < 4.78 is 54.0. The number of benzene rings is 3. The summed E-state index contributed by atoms with van der Waals surface area (Å²) in [5, 5.41) is 9.57. The molecule has 1 aromatic heterocycles. The first-order valence-corrected chi connectivity index (χ1v) is 19.0. The van der Waals surface area contributed by atoms with E-state index in [0.29, 0.717) is 36.2 Å². The van der Waals surface area contributed by atoms with Crippen molar-refractivity contribution < 1.29 is 52.0 Å². The number of nitrogens with zero attached hydrogens (tertiary/aromatic N) is 3. The van der Waals surface area contributed by atoms with Gasteiger partial charge < -0.3 is 38.4 Å². The minimum Gasteiger partial charge on any atom is -0.492 e. The number of pyridine rings is 1. The number of piperidine rings is 1. The Labute approximate surface area is 326 Å². The van der Waals surface area contributed by atoms with Crippen LogP contribution in [0.1, 0.15) is 73.3 Å². The van der Waals surface area contributed by atoms with Gasteiger partial charge in [-0.25, -0.2) is 18.4 Å². The number of carbonyl (C=O) groups excluding carboxylic acids is 3. The van der Waals surface area contributed by atoms with E-state index in [0.717, 1.165) is 30.9 Å². The highest BCUT2D eigenvalue weighted by molar-refractivity contribution is 5.97. The maximum atomic E-state index is 16.0. The van der Waals surface area contributed by atoms with Gasteiger partial charge in [0.2, 0.25) is 12.2 Å². The number of amides is 1. The predicted octanol–water partition coefficient (Wildman–Crippen LogP) is 6.65. The second-order valence-corrected chi connectivity index (χ2v) is 14.7. The van der Waals surface area contributed by atoms with Crippen molar-refractivity contribution in [1.82, 2.24) is 9.47 Å². The molecular formula is C42H43F2N3O10. The molecule has 3 fully saturated rings. The molecule has 2 saturated heterocycles. The number of hydrogen-bond donors (Lipinski definition) is 1. The van der Waals surface area contributed by atoms with Crippen LogP contribution in [0.3, 0.4) is 0 Å². The molecule has 4 aromatic rings. The summed E-state index contributed by atoms with van der Waals surface area (Å²) in [7, 11) is 1.38. The van der Waals surface area contributed by atoms with Gasteiger partial charge in [-0.2, -0.15) is 0 Å². The number of rotatable bonds is 13. The van der Waals surface area contributed by atoms with Crippen molar-refractivity contribution in [2.75, 3.05) is 45.0 Å². The van der Waals surface area contributed by atoms with Crippen molar-refractivity contribution in [3.8, 4) is 16.9 Å². The van der Waals surface area contributed by atoms with E-state index in [1.807, 2.05) is 18.2 Å². The lowest BCUT2D eigenvalue weighted by atomic mass is 9.92. The predicted molar refractivity (Wildman–Crippen MR) is 203 cm³/mol. The molecule has 3 atom stereocenters. The molecule has 0 bridgehead atoms. The zero-order valence-electron chi connectivity index (χ0n) is 31.6. The van der Waals surface area contributed by atoms with Gasteiger partial charge in [0, 0.05) is 43.9 Å². The number of ether oxygens (including phenoxy) is 4. The largest absolute Gasteiger partial charge is 0.492 e. The van der Waals surface area contributed by atoms with Crippen LogP contribution < -0.4 is 15.1 Å². The SMILES string of the molecule is COc1c(N2CC3CCCN(C(=O)OCOC(=O)CCCOC(=O)C(C)c4ccc(-c5ccccc5)c(F)c4)C3C2)c(F)cc2c(=O)c(C(=O)O)cn(C3CC3)c12. The van der Waals surface area contributed by atoms with Crippen LogP contribution in [-0.4, -0.2) is 84.8 Å². The van der Waals surface area contributed by atoms with E-state index in [1.54, 1.807) is 45.6 Å². The number of fused-ring (bicyclic) bond motifs is 2. The number of anilines is 1. The number of carbonyl (C=O) groups is 4. The van der Waals surface area contributed by atoms with Gasteiger partial charge in [-0.05, 0) is 68.2 Å². The molecule has 1 saturated carbocycles. The van der Waals surface area contributed by atoms with E-state index < -0.39 is 59.3 Å². The standard InChI is InChI=1S/C42H43F2N3O10/c1-24(26-12-15-29(32(43)18-26)25-8-4-3-5-9-25)41(52)55-17-7-11-35(48)56-23-57-42(53)46-16-6-10-27-20-45(22-34(27)46)37-33(44)19-30-36(39(37)54-2)47(28-13-14-28)21-31(38(30)49)40(50)51/h3-5,8-9,12,15,18-19,21,24,27-28,34H,6-7,10-11,13-14,16-17,20,22-23H2,1-2H3,(H,50,51). The fraction of sp³-hybridized carbons (Fsp3) is 0.405. The van der Waals surface area contributed by atoms with Crippen LogP contribution in [0, 0.1) is 17.6 Å². The van der Waals surface area contributed by atoms with Crippen molar-refractivity contribution in [2.45, 2.75) is 63.5 Å². The molecular weight excluding hydrogens is 744 g/mol. The number of hydrogen-bond acceptors (Lipinski definition) is 10. The smallest absolute Gasteiger partial charge is 0.412 e. The van der Waals surface area contributed by atoms with Gasteiger partial charge in [-0.15, -0.1) is 0 Å². The van der Waals surface area contributed by atoms with E-state index in [-0.39, 0.29) is 60.8 Å². The van der Waals surface area contributed by atoms with Gasteiger partial charge in [-0.1, -0.05) is 42.5 Å². The van der Waals surface area contributed by atoms with Crippen molar-refractivity contribution in [2.24, 2.45) is 5.92 Å². The molecule has 3 aromatic carbocycles. The second kappa shape index (κ2) is 16.6. The van der Waals surface area contributed by atoms with Crippen LogP contribution in [0.15, 0.2) is 65.6 Å². The minimum atomic E-state index is -1.39. The van der Waals surface area contributed by atoms with E-state index in [9.17, 15) is 33.5 Å². The van der Waals surface area contributed by atoms with Gasteiger partial charge >= 0.3 is 24.0 Å². The molecule has 13 nitrogen and oxygen atoms in total. The van der Waals surface area contributed by atoms with Crippen LogP contribution in [0.4, 0.5) is 19.3 Å². The first-order chi connectivity index (χ1) is 27.5. The molecule has 1 aliphatic carbocycles. The molecule has 15 heteroatoms. The Morgan fingerprint density at radius 2 is 1.72 bits per heavy atom. The van der Waals surface area contributed by atoms with Crippen molar-refractivity contribution in [1.29, 1.82) is 0 Å². The molecule has 3 heterocycles. The lowest BCUT2D eigenvalue weighted by Crippen LogP contribution is -2.48. The molecule has 1 amide bonds. The zero-order valence-corrected chi connectivity index (χ0v) is 31.6. The number of halogens is 2. The number of aromatic carboxylic acids is 1. The fourth-order valence-electron chi connectivity index (χ4n) is 7.92. The minimum absolute atomic E-state index is 0.0354. The Kier molecular flexibility index (Phi) is 11.4. The lowest BCUT2D eigenvalue weighted by Gasteiger charge is -2.35. The number of aromatic nitrogens is 1. The quantitative estimate of drug-likeness (QED) is 0.0880. The first kappa shape index (κ1) is 39.3. The Balaban J connectivity index is 0.904. The summed E-state index contributed by atoms with van der Waals surface area (Å²) in [5.41, 5.74) is 0.829. The summed E-state index contributed by atoms with van der Waals surface area (Å²) in [5.74, 6) is -4.45. The molecule has 0 spiro atoms. The lowest BCUT2D eigenvalue weighted by molar-refractivity contribution is -0.154. The number of likely N-dealkylation sites (tertiary alicyclic amines) is 1. The molecule has 300 valence electrons. The third kappa shape index (κ3) is 8.14. The third-order valence-electron chi connectivity index (χ3n) is 11.0. The Morgan fingerprint density at radius 1 is 0.947 bits per heavy atom. The first-order valence-electron chi connectivity index (χ1n) is 19.0. The van der Waals surface area contributed by atoms with Gasteiger partial charge in [-0.3, -0.25) is 14.4 Å². The summed E-state index contributed by atoms with van der Waals surface area (Å²) in [6.07, 6.45) is 3.66. The number of carboxylic acid groups (broad SMARTS) is 1. The highest BCUT2D eigenvalue weighted by atomic mass is 19.1. The Morgan fingerprint density at radius 3 is 2.42 bits per heavy atom. The zero-order chi connectivity index (χ0) is 40.4. The van der Waals surface area contributed by atoms with Gasteiger partial charge in [0.25, 0.3) is 0 Å². The van der Waals surface area contributed by atoms with Gasteiger partial charge in [0.1, 0.15) is 17.1 Å². The molecule has 2 aliphatic heterocycles. The van der Waals surface area contributed by atoms with Crippen molar-refractivity contribution in [3.63, 3.8) is 0 Å².